The van der Waals surface area contributed by atoms with E-state index in [0.29, 0.717) is 16.3 Å². The fourth-order valence-corrected chi connectivity index (χ4v) is 5.24. The number of imidazole rings is 1. The predicted molar refractivity (Wildman–Crippen MR) is 140 cm³/mol. The lowest BCUT2D eigenvalue weighted by Crippen LogP contribution is -2.11. The maximum absolute atomic E-state index is 12.6. The molecular weight excluding hydrogens is 466 g/mol. The van der Waals surface area contributed by atoms with E-state index in [0.717, 1.165) is 32.9 Å². The lowest BCUT2D eigenvalue weighted by molar-refractivity contribution is 0.103. The van der Waals surface area contributed by atoms with E-state index < -0.39 is 0 Å². The second kappa shape index (κ2) is 9.26. The minimum Gasteiger partial charge on any atom is -0.397 e. The number of pyridine rings is 1. The zero-order valence-electron chi connectivity index (χ0n) is 18.6. The van der Waals surface area contributed by atoms with Gasteiger partial charge in [-0.1, -0.05) is 29.5 Å². The summed E-state index contributed by atoms with van der Waals surface area (Å²) in [5.74, 6) is -0.199. The van der Waals surface area contributed by atoms with E-state index in [1.54, 1.807) is 18.2 Å². The van der Waals surface area contributed by atoms with Crippen LogP contribution >= 0.6 is 22.7 Å². The van der Waals surface area contributed by atoms with Gasteiger partial charge in [-0.15, -0.1) is 11.3 Å². The number of benzene rings is 1. The molecule has 8 nitrogen and oxygen atoms in total. The molecule has 0 atom stereocenters. The van der Waals surface area contributed by atoms with Crippen LogP contribution in [0, 0.1) is 0 Å². The van der Waals surface area contributed by atoms with Crippen LogP contribution in [0.1, 0.15) is 15.2 Å². The summed E-state index contributed by atoms with van der Waals surface area (Å²) in [5, 5.41) is 7.74. The van der Waals surface area contributed by atoms with Gasteiger partial charge in [-0.05, 0) is 50.0 Å². The van der Waals surface area contributed by atoms with Crippen molar-refractivity contribution in [3.05, 3.63) is 77.6 Å². The highest BCUT2D eigenvalue weighted by molar-refractivity contribution is 7.20. The van der Waals surface area contributed by atoms with E-state index in [1.807, 2.05) is 36.7 Å². The average molecular weight is 490 g/mol. The Kier molecular flexibility index (Phi) is 6.01. The fourth-order valence-electron chi connectivity index (χ4n) is 3.54. The van der Waals surface area contributed by atoms with E-state index in [1.165, 1.54) is 28.2 Å². The molecule has 0 radical (unpaired) electrons. The molecule has 0 fully saturated rings. The van der Waals surface area contributed by atoms with Crippen molar-refractivity contribution in [2.75, 3.05) is 30.5 Å². The van der Waals surface area contributed by atoms with Gasteiger partial charge in [0.1, 0.15) is 5.65 Å². The van der Waals surface area contributed by atoms with Gasteiger partial charge in [0.05, 0.1) is 38.0 Å². The summed E-state index contributed by atoms with van der Waals surface area (Å²) in [6.07, 6.45) is 5.83. The fraction of sp³-hybridized carbons (Fsp3) is 0.125. The first-order chi connectivity index (χ1) is 16.5. The third kappa shape index (κ3) is 4.65. The van der Waals surface area contributed by atoms with Crippen LogP contribution in [-0.2, 0) is 6.54 Å². The van der Waals surface area contributed by atoms with Crippen LogP contribution in [-0.4, -0.2) is 39.3 Å². The molecule has 34 heavy (non-hydrogen) atoms. The summed E-state index contributed by atoms with van der Waals surface area (Å²) in [6, 6.07) is 15.0. The Morgan fingerprint density at radius 3 is 2.74 bits per heavy atom. The number of para-hydroxylation sites is 2. The Balaban J connectivity index is 1.31. The van der Waals surface area contributed by atoms with Gasteiger partial charge in [-0.2, -0.15) is 0 Å². The first-order valence-corrected chi connectivity index (χ1v) is 12.2. The normalized spacial score (nSPS) is 11.3. The van der Waals surface area contributed by atoms with E-state index in [2.05, 4.69) is 56.3 Å². The Hall–Kier alpha value is -3.73. The highest BCUT2D eigenvalue weighted by Crippen LogP contribution is 2.33. The molecule has 0 spiro atoms. The third-order valence-electron chi connectivity index (χ3n) is 5.09. The Labute approximate surface area is 204 Å². The van der Waals surface area contributed by atoms with Crippen molar-refractivity contribution in [2.24, 2.45) is 0 Å². The molecule has 4 N–H and O–H groups in total. The molecule has 172 valence electrons. The zero-order valence-corrected chi connectivity index (χ0v) is 20.3. The second-order valence-corrected chi connectivity index (χ2v) is 10.1. The number of carbonyl (C=O) groups excluding carboxylic acids is 1. The van der Waals surface area contributed by atoms with Crippen LogP contribution in [0.3, 0.4) is 0 Å². The molecule has 5 aromatic rings. The van der Waals surface area contributed by atoms with Gasteiger partial charge in [0.15, 0.2) is 5.13 Å². The van der Waals surface area contributed by atoms with Gasteiger partial charge in [-0.3, -0.25) is 9.20 Å². The number of nitrogens with one attached hydrogen (secondary N) is 2. The number of rotatable bonds is 7. The van der Waals surface area contributed by atoms with Crippen molar-refractivity contribution in [3.63, 3.8) is 0 Å². The predicted octanol–water partition coefficient (Wildman–Crippen LogP) is 5.16. The van der Waals surface area contributed by atoms with Gasteiger partial charge < -0.3 is 21.3 Å². The number of amides is 1. The molecule has 0 saturated carbocycles. The van der Waals surface area contributed by atoms with Crippen LogP contribution < -0.4 is 16.4 Å². The molecule has 5 rings (SSSR count). The molecule has 0 unspecified atom stereocenters. The number of hydrogen-bond donors (Lipinski definition) is 3. The van der Waals surface area contributed by atoms with Gasteiger partial charge in [0, 0.05) is 18.9 Å². The minimum absolute atomic E-state index is 0.199. The van der Waals surface area contributed by atoms with Crippen molar-refractivity contribution in [1.29, 1.82) is 0 Å². The second-order valence-electron chi connectivity index (χ2n) is 8.01. The van der Waals surface area contributed by atoms with Gasteiger partial charge in [0.2, 0.25) is 0 Å². The van der Waals surface area contributed by atoms with E-state index in [4.69, 9.17) is 5.73 Å². The standard InChI is InChI=1S/C24H23N7OS2/c1-30(2)13-15-7-9-21-26-11-18(31(21)14-15)20-12-27-24(34-20)29-22-10-8-19(33-22)23(32)28-17-6-4-3-5-16(17)25/h3-12,14H,13,25H2,1-2H3,(H,27,29)(H,28,32). The monoisotopic (exact) mass is 489 g/mol. The van der Waals surface area contributed by atoms with Crippen molar-refractivity contribution in [1.82, 2.24) is 19.3 Å². The molecular formula is C24H23N7OS2. The smallest absolute Gasteiger partial charge is 0.265 e. The number of nitrogens with two attached hydrogens (primary N) is 1. The number of nitrogens with zero attached hydrogens (tertiary/aromatic N) is 4. The summed E-state index contributed by atoms with van der Waals surface area (Å²) in [5.41, 5.74) is 10.2. The SMILES string of the molecule is CN(C)Cc1ccc2ncc(-c3cnc(Nc4ccc(C(=O)Nc5ccccc5N)s4)s3)n2c1. The molecule has 0 aliphatic heterocycles. The molecule has 4 heterocycles. The van der Waals surface area contributed by atoms with Crippen molar-refractivity contribution < 1.29 is 4.79 Å². The maximum Gasteiger partial charge on any atom is 0.265 e. The first-order valence-electron chi connectivity index (χ1n) is 10.6. The van der Waals surface area contributed by atoms with Crippen LogP contribution in [0.4, 0.5) is 21.5 Å². The van der Waals surface area contributed by atoms with E-state index in [-0.39, 0.29) is 5.91 Å². The summed E-state index contributed by atoms with van der Waals surface area (Å²) < 4.78 is 2.10. The molecule has 0 aliphatic carbocycles. The quantitative estimate of drug-likeness (QED) is 0.273. The number of hydrogen-bond acceptors (Lipinski definition) is 8. The van der Waals surface area contributed by atoms with Gasteiger partial charge >= 0.3 is 0 Å². The lowest BCUT2D eigenvalue weighted by atomic mass is 10.2. The Morgan fingerprint density at radius 1 is 1.06 bits per heavy atom. The van der Waals surface area contributed by atoms with Gasteiger partial charge in [-0.25, -0.2) is 9.97 Å². The van der Waals surface area contributed by atoms with Crippen LogP contribution in [0.25, 0.3) is 16.2 Å². The summed E-state index contributed by atoms with van der Waals surface area (Å²) >= 11 is 2.90. The molecule has 4 aromatic heterocycles. The number of thiazole rings is 1. The molecule has 1 aromatic carbocycles. The van der Waals surface area contributed by atoms with Gasteiger partial charge in [0.25, 0.3) is 5.91 Å². The van der Waals surface area contributed by atoms with Crippen LogP contribution in [0.5, 0.6) is 0 Å². The highest BCUT2D eigenvalue weighted by Gasteiger charge is 2.14. The molecule has 0 aliphatic rings. The largest absolute Gasteiger partial charge is 0.397 e. The van der Waals surface area contributed by atoms with Crippen molar-refractivity contribution in [2.45, 2.75) is 6.54 Å². The zero-order chi connectivity index (χ0) is 23.7. The van der Waals surface area contributed by atoms with Crippen molar-refractivity contribution >= 4 is 55.7 Å². The molecule has 0 bridgehead atoms. The summed E-state index contributed by atoms with van der Waals surface area (Å²) in [6.45, 7) is 0.855. The molecule has 0 saturated heterocycles. The molecule has 1 amide bonds. The number of anilines is 4. The van der Waals surface area contributed by atoms with E-state index in [9.17, 15) is 4.79 Å². The molecule has 10 heteroatoms. The third-order valence-corrected chi connectivity index (χ3v) is 7.03. The van der Waals surface area contributed by atoms with E-state index >= 15 is 0 Å². The van der Waals surface area contributed by atoms with Crippen molar-refractivity contribution in [3.8, 4) is 10.6 Å². The van der Waals surface area contributed by atoms with Crippen LogP contribution in [0.15, 0.2) is 67.1 Å². The maximum atomic E-state index is 12.6. The number of carbonyl (C=O) groups is 1. The summed E-state index contributed by atoms with van der Waals surface area (Å²) in [7, 11) is 4.10. The minimum atomic E-state index is -0.199. The topological polar surface area (TPSA) is 101 Å². The number of thiophene rings is 1. The lowest BCUT2D eigenvalue weighted by Gasteiger charge is -2.10. The average Bonchev–Trinajstić information content (AvgIpc) is 3.55. The number of fused-ring (bicyclic) bond motifs is 1. The first kappa shape index (κ1) is 22.1. The Morgan fingerprint density at radius 2 is 1.91 bits per heavy atom. The number of aromatic nitrogens is 3. The summed E-state index contributed by atoms with van der Waals surface area (Å²) in [4.78, 5) is 25.4. The highest BCUT2D eigenvalue weighted by atomic mass is 32.1. The van der Waals surface area contributed by atoms with Crippen LogP contribution in [0.2, 0.25) is 0 Å². The number of nitrogen functional groups attached to an aromatic ring is 1. The Bertz CT molecular complexity index is 1470.